The zero-order chi connectivity index (χ0) is 6.15. The second kappa shape index (κ2) is 1.56. The van der Waals surface area contributed by atoms with Crippen molar-refractivity contribution in [2.75, 3.05) is 6.54 Å². The second-order valence-electron chi connectivity index (χ2n) is 1.60. The van der Waals surface area contributed by atoms with Crippen molar-refractivity contribution in [3.05, 3.63) is 0 Å². The van der Waals surface area contributed by atoms with E-state index in [9.17, 15) is 9.59 Å². The molecule has 1 rings (SSSR count). The lowest BCUT2D eigenvalue weighted by molar-refractivity contribution is -0.161. The summed E-state index contributed by atoms with van der Waals surface area (Å²) in [7, 11) is 0. The maximum atomic E-state index is 10.2. The zero-order valence-electron chi connectivity index (χ0n) is 4.13. The largest absolute Gasteiger partial charge is 0.313 e. The van der Waals surface area contributed by atoms with Crippen LogP contribution in [0.3, 0.4) is 0 Å². The minimum atomic E-state index is -0.787. The van der Waals surface area contributed by atoms with Gasteiger partial charge in [0, 0.05) is 6.42 Å². The van der Waals surface area contributed by atoms with E-state index in [0.717, 1.165) is 0 Å². The van der Waals surface area contributed by atoms with Gasteiger partial charge in [0.05, 0.1) is 6.54 Å². The number of hydroxylamine groups is 2. The number of carbonyl (C=O) groups is 2. The van der Waals surface area contributed by atoms with Gasteiger partial charge in [-0.2, -0.15) is 0 Å². The maximum Gasteiger partial charge on any atom is 0.313 e. The van der Waals surface area contributed by atoms with Gasteiger partial charge in [0.25, 0.3) is 0 Å². The number of rotatable bonds is 0. The number of amides is 1. The molecule has 0 aromatic heterocycles. The van der Waals surface area contributed by atoms with E-state index in [1.807, 2.05) is 0 Å². The average molecular weight is 115 g/mol. The number of ketones is 1. The number of hydrogen-bond acceptors (Lipinski definition) is 3. The van der Waals surface area contributed by atoms with Crippen LogP contribution in [0.15, 0.2) is 0 Å². The molecule has 0 aliphatic carbocycles. The Morgan fingerprint density at radius 2 is 2.12 bits per heavy atom. The van der Waals surface area contributed by atoms with Crippen molar-refractivity contribution in [1.29, 1.82) is 0 Å². The molecular weight excluding hydrogens is 110 g/mol. The van der Waals surface area contributed by atoms with Crippen LogP contribution in [0, 0.1) is 0 Å². The highest BCUT2D eigenvalue weighted by molar-refractivity contribution is 6.37. The van der Waals surface area contributed by atoms with Gasteiger partial charge in [0.1, 0.15) is 0 Å². The smallest absolute Gasteiger partial charge is 0.289 e. The Hall–Kier alpha value is -0.900. The van der Waals surface area contributed by atoms with Crippen molar-refractivity contribution in [1.82, 2.24) is 5.06 Å². The van der Waals surface area contributed by atoms with Gasteiger partial charge in [-0.3, -0.25) is 14.8 Å². The van der Waals surface area contributed by atoms with E-state index in [0.29, 0.717) is 5.06 Å². The molecule has 0 aromatic rings. The molecule has 1 aliphatic heterocycles. The Balaban J connectivity index is 2.71. The van der Waals surface area contributed by atoms with E-state index >= 15 is 0 Å². The summed E-state index contributed by atoms with van der Waals surface area (Å²) in [5.74, 6) is -1.29. The highest BCUT2D eigenvalue weighted by Crippen LogP contribution is 2.00. The van der Waals surface area contributed by atoms with Gasteiger partial charge in [-0.05, 0) is 0 Å². The molecule has 44 valence electrons. The fourth-order valence-corrected chi connectivity index (χ4v) is 0.560. The number of hydrogen-bond donors (Lipinski definition) is 1. The third kappa shape index (κ3) is 0.586. The molecule has 0 saturated carbocycles. The van der Waals surface area contributed by atoms with E-state index in [4.69, 9.17) is 5.21 Å². The lowest BCUT2D eigenvalue weighted by Crippen LogP contribution is -2.22. The van der Waals surface area contributed by atoms with Gasteiger partial charge in [0.2, 0.25) is 5.78 Å². The summed E-state index contributed by atoms with van der Waals surface area (Å²) in [5.41, 5.74) is 0. The van der Waals surface area contributed by atoms with Gasteiger partial charge < -0.3 is 0 Å². The lowest BCUT2D eigenvalue weighted by Gasteiger charge is -1.99. The Morgan fingerprint density at radius 1 is 1.50 bits per heavy atom. The summed E-state index contributed by atoms with van der Waals surface area (Å²) in [6.07, 6.45) is 0.148. The maximum absolute atomic E-state index is 10.2. The zero-order valence-corrected chi connectivity index (χ0v) is 4.13. The number of carbonyl (C=O) groups excluding carboxylic acids is 2. The van der Waals surface area contributed by atoms with Gasteiger partial charge in [-0.1, -0.05) is 0 Å². The van der Waals surface area contributed by atoms with Gasteiger partial charge in [0.15, 0.2) is 0 Å². The minimum absolute atomic E-state index is 0.148. The first kappa shape index (κ1) is 5.24. The van der Waals surface area contributed by atoms with Crippen LogP contribution in [-0.2, 0) is 9.59 Å². The topological polar surface area (TPSA) is 57.6 Å². The van der Waals surface area contributed by atoms with Crippen molar-refractivity contribution in [2.45, 2.75) is 6.42 Å². The highest BCUT2D eigenvalue weighted by Gasteiger charge is 2.27. The molecule has 1 saturated heterocycles. The van der Waals surface area contributed by atoms with Crippen LogP contribution >= 0.6 is 0 Å². The van der Waals surface area contributed by atoms with Crippen LogP contribution < -0.4 is 0 Å². The summed E-state index contributed by atoms with van der Waals surface area (Å²) >= 11 is 0. The molecule has 0 radical (unpaired) electrons. The quantitative estimate of drug-likeness (QED) is 0.331. The third-order valence-electron chi connectivity index (χ3n) is 1.02. The molecule has 0 bridgehead atoms. The molecule has 4 heteroatoms. The highest BCUT2D eigenvalue weighted by atomic mass is 16.5. The van der Waals surface area contributed by atoms with Gasteiger partial charge in [-0.25, -0.2) is 5.06 Å². The molecule has 0 unspecified atom stereocenters. The number of Topliss-reactive ketones (excluding diaryl/α,β-unsaturated/α-hetero) is 1. The number of nitrogens with zero attached hydrogens (tertiary/aromatic N) is 1. The summed E-state index contributed by atoms with van der Waals surface area (Å²) in [5, 5.41) is 8.86. The molecule has 0 aromatic carbocycles. The monoisotopic (exact) mass is 115 g/mol. The first-order valence-electron chi connectivity index (χ1n) is 2.25. The Labute approximate surface area is 45.7 Å². The molecule has 1 fully saturated rings. The van der Waals surface area contributed by atoms with Crippen molar-refractivity contribution in [3.63, 3.8) is 0 Å². The molecular formula is C4H5NO3. The van der Waals surface area contributed by atoms with Crippen molar-refractivity contribution in [2.24, 2.45) is 0 Å². The van der Waals surface area contributed by atoms with E-state index in [1.165, 1.54) is 0 Å². The summed E-state index contributed by atoms with van der Waals surface area (Å²) in [4.78, 5) is 20.5. The van der Waals surface area contributed by atoms with Crippen LogP contribution in [0.2, 0.25) is 0 Å². The normalized spacial score (nSPS) is 20.4. The second-order valence-corrected chi connectivity index (χ2v) is 1.60. The standard InChI is InChI=1S/C4H5NO3/c6-3-1-2-5(8)4(3)7/h8H,1-2H2. The lowest BCUT2D eigenvalue weighted by atomic mass is 10.3. The summed E-state index contributed by atoms with van der Waals surface area (Å²) < 4.78 is 0. The van der Waals surface area contributed by atoms with Gasteiger partial charge >= 0.3 is 5.91 Å². The molecule has 1 N–H and O–H groups in total. The Morgan fingerprint density at radius 3 is 2.25 bits per heavy atom. The van der Waals surface area contributed by atoms with Crippen LogP contribution in [0.4, 0.5) is 0 Å². The fourth-order valence-electron chi connectivity index (χ4n) is 0.560. The molecule has 1 heterocycles. The van der Waals surface area contributed by atoms with Crippen LogP contribution in [0.1, 0.15) is 6.42 Å². The Kier molecular flexibility index (Phi) is 1.02. The first-order valence-corrected chi connectivity index (χ1v) is 2.25. The van der Waals surface area contributed by atoms with Crippen molar-refractivity contribution < 1.29 is 14.8 Å². The minimum Gasteiger partial charge on any atom is -0.289 e. The first-order chi connectivity index (χ1) is 3.72. The molecule has 1 aliphatic rings. The molecule has 0 spiro atoms. The van der Waals surface area contributed by atoms with E-state index in [2.05, 4.69) is 0 Å². The summed E-state index contributed by atoms with van der Waals surface area (Å²) in [6, 6.07) is 0. The van der Waals surface area contributed by atoms with Crippen LogP contribution in [0.5, 0.6) is 0 Å². The average Bonchev–Trinajstić information content (AvgIpc) is 1.98. The molecule has 8 heavy (non-hydrogen) atoms. The third-order valence-corrected chi connectivity index (χ3v) is 1.02. The van der Waals surface area contributed by atoms with E-state index in [-0.39, 0.29) is 13.0 Å². The van der Waals surface area contributed by atoms with Crippen molar-refractivity contribution in [3.8, 4) is 0 Å². The fraction of sp³-hybridized carbons (Fsp3) is 0.500. The predicted molar refractivity (Wildman–Crippen MR) is 23.1 cm³/mol. The van der Waals surface area contributed by atoms with E-state index in [1.54, 1.807) is 0 Å². The SMILES string of the molecule is O=C1CCN(O)C1=O. The molecule has 4 nitrogen and oxygen atoms in total. The van der Waals surface area contributed by atoms with Crippen LogP contribution in [-0.4, -0.2) is 28.5 Å². The Bertz CT molecular complexity index is 142. The summed E-state index contributed by atoms with van der Waals surface area (Å²) in [6.45, 7) is 0.150. The van der Waals surface area contributed by atoms with E-state index < -0.39 is 11.7 Å². The molecule has 1 amide bonds. The van der Waals surface area contributed by atoms with Gasteiger partial charge in [-0.15, -0.1) is 0 Å². The van der Waals surface area contributed by atoms with Crippen molar-refractivity contribution >= 4 is 11.7 Å². The predicted octanol–water partition coefficient (Wildman–Crippen LogP) is -0.823. The van der Waals surface area contributed by atoms with Crippen LogP contribution in [0.25, 0.3) is 0 Å². The molecule has 0 atom stereocenters.